The van der Waals surface area contributed by atoms with E-state index in [-0.39, 0.29) is 6.79 Å². The van der Waals surface area contributed by atoms with Gasteiger partial charge in [-0.15, -0.1) is 0 Å². The second-order valence-electron chi connectivity index (χ2n) is 4.37. The molecule has 1 aromatic rings. The Morgan fingerprint density at radius 3 is 2.84 bits per heavy atom. The number of rotatable bonds is 7. The highest BCUT2D eigenvalue weighted by atomic mass is 16.7. The van der Waals surface area contributed by atoms with Gasteiger partial charge < -0.3 is 19.5 Å². The average molecular weight is 263 g/mol. The molecule has 1 N–H and O–H groups in total. The molecule has 1 aliphatic rings. The second kappa shape index (κ2) is 7.04. The lowest BCUT2D eigenvalue weighted by Crippen LogP contribution is -2.14. The molecule has 0 fully saturated rings. The number of hydrogen-bond acceptors (Lipinski definition) is 4. The van der Waals surface area contributed by atoms with E-state index in [1.54, 1.807) is 0 Å². The summed E-state index contributed by atoms with van der Waals surface area (Å²) in [6.45, 7) is 6.74. The van der Waals surface area contributed by atoms with E-state index in [0.717, 1.165) is 42.3 Å². The Balaban J connectivity index is 2.12. The maximum absolute atomic E-state index is 5.77. The van der Waals surface area contributed by atoms with Crippen molar-refractivity contribution in [3.63, 3.8) is 0 Å². The maximum atomic E-state index is 5.77. The monoisotopic (exact) mass is 263 g/mol. The van der Waals surface area contributed by atoms with Crippen LogP contribution in [0.2, 0.25) is 0 Å². The predicted molar refractivity (Wildman–Crippen MR) is 74.9 cm³/mol. The van der Waals surface area contributed by atoms with Crippen molar-refractivity contribution >= 4 is 0 Å². The maximum Gasteiger partial charge on any atom is 0.231 e. The molecule has 0 aliphatic carbocycles. The van der Waals surface area contributed by atoms with Crippen LogP contribution in [0.4, 0.5) is 0 Å². The van der Waals surface area contributed by atoms with Crippen LogP contribution in [0.15, 0.2) is 24.3 Å². The molecule has 0 saturated carbocycles. The molecule has 19 heavy (non-hydrogen) atoms. The van der Waals surface area contributed by atoms with E-state index in [0.29, 0.717) is 6.61 Å². The van der Waals surface area contributed by atoms with E-state index in [2.05, 4.69) is 12.2 Å². The van der Waals surface area contributed by atoms with Gasteiger partial charge in [0.25, 0.3) is 0 Å². The van der Waals surface area contributed by atoms with Gasteiger partial charge in [-0.3, -0.25) is 0 Å². The fraction of sp³-hybridized carbons (Fsp3) is 0.467. The lowest BCUT2D eigenvalue weighted by atomic mass is 10.1. The van der Waals surface area contributed by atoms with Crippen LogP contribution in [-0.4, -0.2) is 19.9 Å². The third-order valence-electron chi connectivity index (χ3n) is 2.87. The molecule has 0 atom stereocenters. The molecule has 2 rings (SSSR count). The van der Waals surface area contributed by atoms with E-state index >= 15 is 0 Å². The van der Waals surface area contributed by atoms with Crippen LogP contribution >= 0.6 is 0 Å². The highest BCUT2D eigenvalue weighted by molar-refractivity contribution is 5.51. The summed E-state index contributed by atoms with van der Waals surface area (Å²) in [6.07, 6.45) is 5.06. The summed E-state index contributed by atoms with van der Waals surface area (Å²) in [5.74, 6) is 2.41. The zero-order chi connectivity index (χ0) is 13.5. The van der Waals surface area contributed by atoms with Gasteiger partial charge in [0.2, 0.25) is 6.79 Å². The number of ether oxygens (including phenoxy) is 3. The van der Waals surface area contributed by atoms with Gasteiger partial charge >= 0.3 is 0 Å². The molecule has 1 aromatic carbocycles. The summed E-state index contributed by atoms with van der Waals surface area (Å²) in [5.41, 5.74) is 1.10. The highest BCUT2D eigenvalue weighted by Gasteiger charge is 2.17. The van der Waals surface area contributed by atoms with Gasteiger partial charge in [-0.1, -0.05) is 19.1 Å². The Labute approximate surface area is 114 Å². The quantitative estimate of drug-likeness (QED) is 0.606. The Kier molecular flexibility index (Phi) is 5.10. The van der Waals surface area contributed by atoms with Crippen LogP contribution in [0.1, 0.15) is 25.8 Å². The first-order chi connectivity index (χ1) is 9.35. The fourth-order valence-electron chi connectivity index (χ4n) is 1.87. The SMILES string of the molecule is CC=CCOc1cc2c(cc1CNCCC)OCO2. The molecule has 4 heteroatoms. The van der Waals surface area contributed by atoms with Crippen LogP contribution in [0.5, 0.6) is 17.2 Å². The highest BCUT2D eigenvalue weighted by Crippen LogP contribution is 2.38. The van der Waals surface area contributed by atoms with Crippen LogP contribution < -0.4 is 19.5 Å². The average Bonchev–Trinajstić information content (AvgIpc) is 2.86. The number of nitrogens with one attached hydrogen (secondary N) is 1. The Hall–Kier alpha value is -1.68. The molecule has 0 amide bonds. The lowest BCUT2D eigenvalue weighted by Gasteiger charge is -2.12. The third-order valence-corrected chi connectivity index (χ3v) is 2.87. The van der Waals surface area contributed by atoms with E-state index in [1.165, 1.54) is 0 Å². The lowest BCUT2D eigenvalue weighted by molar-refractivity contribution is 0.174. The van der Waals surface area contributed by atoms with E-state index in [4.69, 9.17) is 14.2 Å². The molecule has 0 unspecified atom stereocenters. The van der Waals surface area contributed by atoms with Crippen LogP contribution in [0, 0.1) is 0 Å². The summed E-state index contributed by atoms with van der Waals surface area (Å²) in [4.78, 5) is 0. The van der Waals surface area contributed by atoms with Crippen molar-refractivity contribution in [2.75, 3.05) is 19.9 Å². The van der Waals surface area contributed by atoms with Crippen molar-refractivity contribution in [3.8, 4) is 17.2 Å². The number of benzene rings is 1. The van der Waals surface area contributed by atoms with Crippen molar-refractivity contribution in [3.05, 3.63) is 29.8 Å². The molecule has 1 heterocycles. The van der Waals surface area contributed by atoms with Gasteiger partial charge in [-0.2, -0.15) is 0 Å². The molecule has 1 aliphatic heterocycles. The van der Waals surface area contributed by atoms with Crippen molar-refractivity contribution in [2.24, 2.45) is 0 Å². The molecular formula is C15H21NO3. The van der Waals surface area contributed by atoms with Crippen LogP contribution in [0.25, 0.3) is 0 Å². The summed E-state index contributed by atoms with van der Waals surface area (Å²) in [6, 6.07) is 3.91. The molecule has 0 radical (unpaired) electrons. The Morgan fingerprint density at radius 1 is 1.32 bits per heavy atom. The van der Waals surface area contributed by atoms with Gasteiger partial charge in [-0.25, -0.2) is 0 Å². The molecule has 0 spiro atoms. The molecule has 0 aromatic heterocycles. The van der Waals surface area contributed by atoms with Crippen molar-refractivity contribution in [2.45, 2.75) is 26.8 Å². The van der Waals surface area contributed by atoms with Gasteiger partial charge in [0.05, 0.1) is 0 Å². The van der Waals surface area contributed by atoms with Gasteiger partial charge in [-0.05, 0) is 26.0 Å². The Morgan fingerprint density at radius 2 is 2.11 bits per heavy atom. The van der Waals surface area contributed by atoms with E-state index in [9.17, 15) is 0 Å². The standard InChI is InChI=1S/C15H21NO3/c1-3-5-7-17-13-9-15-14(18-11-19-15)8-12(13)10-16-6-4-2/h3,5,8-9,16H,4,6-7,10-11H2,1-2H3. The minimum absolute atomic E-state index is 0.287. The molecule has 0 bridgehead atoms. The first-order valence-electron chi connectivity index (χ1n) is 6.72. The zero-order valence-electron chi connectivity index (χ0n) is 11.6. The van der Waals surface area contributed by atoms with Crippen molar-refractivity contribution in [1.82, 2.24) is 5.32 Å². The normalized spacial score (nSPS) is 13.2. The third kappa shape index (κ3) is 3.64. The molecule has 4 nitrogen and oxygen atoms in total. The van der Waals surface area contributed by atoms with Crippen LogP contribution in [-0.2, 0) is 6.54 Å². The number of allylic oxidation sites excluding steroid dienone is 1. The topological polar surface area (TPSA) is 39.7 Å². The fourth-order valence-corrected chi connectivity index (χ4v) is 1.87. The summed E-state index contributed by atoms with van der Waals surface area (Å²) >= 11 is 0. The van der Waals surface area contributed by atoms with Crippen molar-refractivity contribution < 1.29 is 14.2 Å². The molecular weight excluding hydrogens is 242 g/mol. The smallest absolute Gasteiger partial charge is 0.231 e. The number of hydrogen-bond donors (Lipinski definition) is 1. The minimum atomic E-state index is 0.287. The largest absolute Gasteiger partial charge is 0.489 e. The minimum Gasteiger partial charge on any atom is -0.489 e. The zero-order valence-corrected chi connectivity index (χ0v) is 11.6. The first-order valence-corrected chi connectivity index (χ1v) is 6.72. The first kappa shape index (κ1) is 13.7. The molecule has 104 valence electrons. The molecule has 0 saturated heterocycles. The van der Waals surface area contributed by atoms with E-state index < -0.39 is 0 Å². The number of fused-ring (bicyclic) bond motifs is 1. The van der Waals surface area contributed by atoms with Gasteiger partial charge in [0.1, 0.15) is 12.4 Å². The van der Waals surface area contributed by atoms with E-state index in [1.807, 2.05) is 31.2 Å². The summed E-state index contributed by atoms with van der Waals surface area (Å²) < 4.78 is 16.6. The van der Waals surface area contributed by atoms with Crippen molar-refractivity contribution in [1.29, 1.82) is 0 Å². The van der Waals surface area contributed by atoms with Crippen LogP contribution in [0.3, 0.4) is 0 Å². The summed E-state index contributed by atoms with van der Waals surface area (Å²) in [7, 11) is 0. The van der Waals surface area contributed by atoms with Gasteiger partial charge in [0, 0.05) is 18.2 Å². The second-order valence-corrected chi connectivity index (χ2v) is 4.37. The predicted octanol–water partition coefficient (Wildman–Crippen LogP) is 2.87. The van der Waals surface area contributed by atoms with Gasteiger partial charge in [0.15, 0.2) is 11.5 Å². The summed E-state index contributed by atoms with van der Waals surface area (Å²) in [5, 5.41) is 3.38. The Bertz CT molecular complexity index is 443.